The lowest BCUT2D eigenvalue weighted by molar-refractivity contribution is -0.145. The summed E-state index contributed by atoms with van der Waals surface area (Å²) in [5.74, 6) is -2.99. The van der Waals surface area contributed by atoms with E-state index in [1.54, 1.807) is 14.0 Å². The van der Waals surface area contributed by atoms with Gasteiger partial charge in [-0.15, -0.1) is 0 Å². The van der Waals surface area contributed by atoms with Crippen LogP contribution in [0.15, 0.2) is 72.9 Å². The van der Waals surface area contributed by atoms with Crippen molar-refractivity contribution in [1.29, 1.82) is 0 Å². The standard InChI is InChI=1S/C30H34N6O5/c1-19-16-23(34-27(38)20(2)33-28(39)24-14-15-32-35(24)3)30(41)36(19)25(17-21-10-6-4-7-11-21)26(37)29(40)31-18-22-12-8-5-9-13-22/h4-15,19-20,23,25H,16-18H2,1-3H3,(H,31,40)(H,33,39)(H,34,38)/t19?,20-,23-,25-/m0/s1. The van der Waals surface area contributed by atoms with Gasteiger partial charge in [-0.25, -0.2) is 0 Å². The second-order valence-corrected chi connectivity index (χ2v) is 10.2. The molecule has 4 amide bonds. The molecule has 11 nitrogen and oxygen atoms in total. The molecule has 4 rings (SSSR count). The first-order valence-electron chi connectivity index (χ1n) is 13.5. The van der Waals surface area contributed by atoms with Crippen LogP contribution in [0.2, 0.25) is 0 Å². The van der Waals surface area contributed by atoms with Gasteiger partial charge in [0.15, 0.2) is 0 Å². The minimum Gasteiger partial charge on any atom is -0.345 e. The van der Waals surface area contributed by atoms with Crippen LogP contribution < -0.4 is 16.0 Å². The maximum absolute atomic E-state index is 13.6. The highest BCUT2D eigenvalue weighted by Crippen LogP contribution is 2.25. The summed E-state index contributed by atoms with van der Waals surface area (Å²) in [5.41, 5.74) is 1.92. The van der Waals surface area contributed by atoms with Gasteiger partial charge < -0.3 is 20.9 Å². The average Bonchev–Trinajstić information content (AvgIpc) is 3.52. The molecule has 2 heterocycles. The minimum absolute atomic E-state index is 0.145. The molecular formula is C30H34N6O5. The molecule has 1 aliphatic rings. The van der Waals surface area contributed by atoms with Gasteiger partial charge in [0.05, 0.1) is 0 Å². The molecule has 0 saturated carbocycles. The van der Waals surface area contributed by atoms with Crippen molar-refractivity contribution in [2.24, 2.45) is 7.05 Å². The Morgan fingerprint density at radius 2 is 1.61 bits per heavy atom. The van der Waals surface area contributed by atoms with Crippen molar-refractivity contribution < 1.29 is 24.0 Å². The largest absolute Gasteiger partial charge is 0.345 e. The first-order valence-corrected chi connectivity index (χ1v) is 13.5. The molecule has 2 aromatic carbocycles. The minimum atomic E-state index is -1.06. The maximum Gasteiger partial charge on any atom is 0.289 e. The number of rotatable bonds is 11. The van der Waals surface area contributed by atoms with Gasteiger partial charge in [0.1, 0.15) is 23.8 Å². The van der Waals surface area contributed by atoms with Crippen molar-refractivity contribution in [1.82, 2.24) is 30.6 Å². The molecule has 11 heteroatoms. The van der Waals surface area contributed by atoms with Crippen LogP contribution in [-0.2, 0) is 39.2 Å². The van der Waals surface area contributed by atoms with E-state index in [0.29, 0.717) is 0 Å². The molecular weight excluding hydrogens is 524 g/mol. The number of aryl methyl sites for hydroxylation is 1. The molecule has 214 valence electrons. The summed E-state index contributed by atoms with van der Waals surface area (Å²) < 4.78 is 1.39. The lowest BCUT2D eigenvalue weighted by Gasteiger charge is -2.30. The Hall–Kier alpha value is -4.80. The zero-order valence-corrected chi connectivity index (χ0v) is 23.2. The summed E-state index contributed by atoms with van der Waals surface area (Å²) in [6.45, 7) is 3.47. The highest BCUT2D eigenvalue weighted by molar-refractivity contribution is 6.38. The number of Topliss-reactive ketones (excluding diaryl/α,β-unsaturated/α-hetero) is 1. The molecule has 0 spiro atoms. The van der Waals surface area contributed by atoms with Gasteiger partial charge in [0.25, 0.3) is 11.8 Å². The molecule has 0 bridgehead atoms. The number of hydrogen-bond donors (Lipinski definition) is 3. The van der Waals surface area contributed by atoms with E-state index in [-0.39, 0.29) is 25.1 Å². The molecule has 3 aromatic rings. The van der Waals surface area contributed by atoms with E-state index in [1.165, 1.54) is 28.8 Å². The second kappa shape index (κ2) is 13.0. The lowest BCUT2D eigenvalue weighted by atomic mass is 9.99. The molecule has 41 heavy (non-hydrogen) atoms. The Kier molecular flexibility index (Phi) is 9.28. The molecule has 3 N–H and O–H groups in total. The number of aromatic nitrogens is 2. The number of benzene rings is 2. The topological polar surface area (TPSA) is 142 Å². The molecule has 4 atom stereocenters. The van der Waals surface area contributed by atoms with E-state index in [0.717, 1.165) is 11.1 Å². The third-order valence-corrected chi connectivity index (χ3v) is 7.15. The zero-order chi connectivity index (χ0) is 29.5. The van der Waals surface area contributed by atoms with Crippen LogP contribution >= 0.6 is 0 Å². The van der Waals surface area contributed by atoms with Crippen molar-refractivity contribution in [3.63, 3.8) is 0 Å². The summed E-state index contributed by atoms with van der Waals surface area (Å²) in [5, 5.41) is 11.9. The number of likely N-dealkylation sites (tertiary alicyclic amines) is 1. The first kappa shape index (κ1) is 29.2. The molecule has 1 fully saturated rings. The quantitative estimate of drug-likeness (QED) is 0.301. The van der Waals surface area contributed by atoms with E-state index in [1.807, 2.05) is 60.7 Å². The number of nitrogens with zero attached hydrogens (tertiary/aromatic N) is 3. The van der Waals surface area contributed by atoms with Gasteiger partial charge in [-0.3, -0.25) is 28.7 Å². The van der Waals surface area contributed by atoms with E-state index < -0.39 is 53.6 Å². The van der Waals surface area contributed by atoms with E-state index in [4.69, 9.17) is 0 Å². The van der Waals surface area contributed by atoms with Crippen LogP contribution in [-0.4, -0.2) is 68.3 Å². The van der Waals surface area contributed by atoms with Gasteiger partial charge in [-0.2, -0.15) is 5.10 Å². The SMILES string of the molecule is CC1C[C@H](NC(=O)[C@H](C)NC(=O)c2ccnn2C)C(=O)N1[C@@H](Cc1ccccc1)C(=O)C(=O)NCc1ccccc1. The number of carbonyl (C=O) groups is 5. The third-order valence-electron chi connectivity index (χ3n) is 7.15. The van der Waals surface area contributed by atoms with Crippen molar-refractivity contribution in [3.8, 4) is 0 Å². The molecule has 1 unspecified atom stereocenters. The summed E-state index contributed by atoms with van der Waals surface area (Å²) in [6, 6.07) is 16.6. The predicted molar refractivity (Wildman–Crippen MR) is 150 cm³/mol. The Balaban J connectivity index is 1.45. The molecule has 0 radical (unpaired) electrons. The van der Waals surface area contributed by atoms with Gasteiger partial charge in [0.2, 0.25) is 17.6 Å². The Morgan fingerprint density at radius 1 is 0.976 bits per heavy atom. The predicted octanol–water partition coefficient (Wildman–Crippen LogP) is 1.14. The summed E-state index contributed by atoms with van der Waals surface area (Å²) >= 11 is 0. The smallest absolute Gasteiger partial charge is 0.289 e. The summed E-state index contributed by atoms with van der Waals surface area (Å²) in [7, 11) is 1.61. The van der Waals surface area contributed by atoms with Crippen LogP contribution in [0.1, 0.15) is 41.9 Å². The number of hydrogen-bond acceptors (Lipinski definition) is 6. The van der Waals surface area contributed by atoms with Crippen LogP contribution in [0.25, 0.3) is 0 Å². The Labute approximate surface area is 238 Å². The lowest BCUT2D eigenvalue weighted by Crippen LogP contribution is -2.54. The fourth-order valence-corrected chi connectivity index (χ4v) is 4.93. The van der Waals surface area contributed by atoms with Gasteiger partial charge in [0, 0.05) is 32.3 Å². The van der Waals surface area contributed by atoms with Crippen molar-refractivity contribution in [2.45, 2.75) is 57.4 Å². The third kappa shape index (κ3) is 7.05. The number of ketones is 1. The monoisotopic (exact) mass is 558 g/mol. The summed E-state index contributed by atoms with van der Waals surface area (Å²) in [4.78, 5) is 66.9. The second-order valence-electron chi connectivity index (χ2n) is 10.2. The number of nitrogens with one attached hydrogen (secondary N) is 3. The fourth-order valence-electron chi connectivity index (χ4n) is 4.93. The van der Waals surface area contributed by atoms with Gasteiger partial charge in [-0.1, -0.05) is 60.7 Å². The van der Waals surface area contributed by atoms with Crippen molar-refractivity contribution in [2.75, 3.05) is 0 Å². The highest BCUT2D eigenvalue weighted by atomic mass is 16.2. The zero-order valence-electron chi connectivity index (χ0n) is 23.2. The number of carbonyl (C=O) groups excluding carboxylic acids is 5. The van der Waals surface area contributed by atoms with Crippen LogP contribution in [0.5, 0.6) is 0 Å². The van der Waals surface area contributed by atoms with Crippen LogP contribution in [0.4, 0.5) is 0 Å². The van der Waals surface area contributed by atoms with Gasteiger partial charge >= 0.3 is 0 Å². The van der Waals surface area contributed by atoms with E-state index in [2.05, 4.69) is 21.0 Å². The molecule has 1 saturated heterocycles. The summed E-state index contributed by atoms with van der Waals surface area (Å²) in [6.07, 6.45) is 1.87. The van der Waals surface area contributed by atoms with Crippen LogP contribution in [0, 0.1) is 0 Å². The maximum atomic E-state index is 13.6. The van der Waals surface area contributed by atoms with Gasteiger partial charge in [-0.05, 0) is 37.5 Å². The number of amides is 4. The average molecular weight is 559 g/mol. The molecule has 1 aliphatic heterocycles. The highest BCUT2D eigenvalue weighted by Gasteiger charge is 2.45. The van der Waals surface area contributed by atoms with Crippen molar-refractivity contribution >= 4 is 29.4 Å². The normalized spacial score (nSPS) is 17.9. The molecule has 1 aromatic heterocycles. The Morgan fingerprint density at radius 3 is 2.22 bits per heavy atom. The Bertz CT molecular complexity index is 1410. The van der Waals surface area contributed by atoms with Crippen molar-refractivity contribution in [3.05, 3.63) is 89.7 Å². The first-order chi connectivity index (χ1) is 19.7. The fraction of sp³-hybridized carbons (Fsp3) is 0.333. The van der Waals surface area contributed by atoms with Crippen LogP contribution in [0.3, 0.4) is 0 Å². The van der Waals surface area contributed by atoms with E-state index >= 15 is 0 Å². The van der Waals surface area contributed by atoms with E-state index in [9.17, 15) is 24.0 Å². The molecule has 0 aliphatic carbocycles.